The van der Waals surface area contributed by atoms with E-state index >= 15 is 0 Å². The van der Waals surface area contributed by atoms with Gasteiger partial charge in [-0.15, -0.1) is 0 Å². The third-order valence-corrected chi connectivity index (χ3v) is 4.04. The summed E-state index contributed by atoms with van der Waals surface area (Å²) in [5.74, 6) is 0.0843. The fraction of sp³-hybridized carbons (Fsp3) is 0.100. The van der Waals surface area contributed by atoms with Crippen molar-refractivity contribution >= 4 is 15.7 Å². The van der Waals surface area contributed by atoms with Gasteiger partial charge in [-0.05, 0) is 24.3 Å². The van der Waals surface area contributed by atoms with Crippen molar-refractivity contribution in [2.75, 3.05) is 11.4 Å². The molecule has 0 aliphatic rings. The number of nitrogens with one attached hydrogen (secondary N) is 1. The van der Waals surface area contributed by atoms with Crippen LogP contribution in [-0.4, -0.2) is 30.5 Å². The molecule has 0 radical (unpaired) electrons. The summed E-state index contributed by atoms with van der Waals surface area (Å²) in [6.45, 7) is 0. The first kappa shape index (κ1) is 11.5. The standard InChI is InChI=1S/C10H11N3O3S/c1-13(8-2-4-9(14)5-3-8)17(15,16)10-6-11-7-12-10/h2-7,14H,1H3,(H,11,12). The molecule has 0 saturated heterocycles. The molecule has 0 aliphatic heterocycles. The first-order valence-electron chi connectivity index (χ1n) is 4.78. The Kier molecular flexibility index (Phi) is 2.76. The molecule has 2 rings (SSSR count). The summed E-state index contributed by atoms with van der Waals surface area (Å²) >= 11 is 0. The highest BCUT2D eigenvalue weighted by Crippen LogP contribution is 2.22. The lowest BCUT2D eigenvalue weighted by Gasteiger charge is -2.18. The Hall–Kier alpha value is -2.02. The van der Waals surface area contributed by atoms with Crippen LogP contribution in [0, 0.1) is 0 Å². The van der Waals surface area contributed by atoms with E-state index in [1.807, 2.05) is 0 Å². The van der Waals surface area contributed by atoms with Gasteiger partial charge in [-0.3, -0.25) is 4.31 Å². The number of phenolic OH excluding ortho intramolecular Hbond substituents is 1. The van der Waals surface area contributed by atoms with Crippen LogP contribution in [-0.2, 0) is 10.0 Å². The molecule has 0 unspecified atom stereocenters. The van der Waals surface area contributed by atoms with Crippen molar-refractivity contribution in [1.29, 1.82) is 0 Å². The number of imidazole rings is 1. The minimum absolute atomic E-state index is 0.0214. The van der Waals surface area contributed by atoms with Gasteiger partial charge in [0.2, 0.25) is 0 Å². The number of aromatic amines is 1. The van der Waals surface area contributed by atoms with Crippen LogP contribution in [0.1, 0.15) is 0 Å². The van der Waals surface area contributed by atoms with Crippen LogP contribution in [0.15, 0.2) is 41.8 Å². The lowest BCUT2D eigenvalue weighted by molar-refractivity contribution is 0.475. The lowest BCUT2D eigenvalue weighted by atomic mass is 10.3. The molecule has 0 atom stereocenters. The van der Waals surface area contributed by atoms with E-state index in [0.29, 0.717) is 5.69 Å². The van der Waals surface area contributed by atoms with E-state index in [-0.39, 0.29) is 10.8 Å². The van der Waals surface area contributed by atoms with Gasteiger partial charge >= 0.3 is 0 Å². The molecule has 1 heterocycles. The maximum atomic E-state index is 12.1. The quantitative estimate of drug-likeness (QED) is 0.852. The minimum atomic E-state index is -3.63. The van der Waals surface area contributed by atoms with Gasteiger partial charge in [0.1, 0.15) is 5.75 Å². The van der Waals surface area contributed by atoms with Crippen LogP contribution >= 0.6 is 0 Å². The van der Waals surface area contributed by atoms with Gasteiger partial charge in [0.15, 0.2) is 5.03 Å². The number of rotatable bonds is 3. The maximum Gasteiger partial charge on any atom is 0.281 e. The first-order valence-corrected chi connectivity index (χ1v) is 6.22. The summed E-state index contributed by atoms with van der Waals surface area (Å²) in [5.41, 5.74) is 0.456. The topological polar surface area (TPSA) is 86.3 Å². The Bertz CT molecular complexity index is 590. The normalized spacial score (nSPS) is 11.4. The van der Waals surface area contributed by atoms with Crippen LogP contribution in [0.5, 0.6) is 5.75 Å². The molecule has 6 nitrogen and oxygen atoms in total. The van der Waals surface area contributed by atoms with Crippen molar-refractivity contribution in [3.63, 3.8) is 0 Å². The number of benzene rings is 1. The number of H-pyrrole nitrogens is 1. The third-order valence-electron chi connectivity index (χ3n) is 2.32. The molecule has 0 amide bonds. The zero-order valence-electron chi connectivity index (χ0n) is 9.03. The molecule has 2 aromatic rings. The number of hydrogen-bond acceptors (Lipinski definition) is 4. The summed E-state index contributed by atoms with van der Waals surface area (Å²) < 4.78 is 25.3. The van der Waals surface area contributed by atoms with Crippen molar-refractivity contribution in [2.24, 2.45) is 0 Å². The Morgan fingerprint density at radius 1 is 1.29 bits per heavy atom. The number of aromatic hydroxyl groups is 1. The summed E-state index contributed by atoms with van der Waals surface area (Å²) in [6.07, 6.45) is 2.55. The van der Waals surface area contributed by atoms with E-state index in [4.69, 9.17) is 5.11 Å². The number of sulfonamides is 1. The predicted molar refractivity (Wildman–Crippen MR) is 62.3 cm³/mol. The second-order valence-electron chi connectivity index (χ2n) is 3.40. The molecular formula is C10H11N3O3S. The SMILES string of the molecule is CN(c1ccc(O)cc1)S(=O)(=O)c1cnc[nH]1. The average molecular weight is 253 g/mol. The predicted octanol–water partition coefficient (Wildman–Crippen LogP) is 0.940. The number of anilines is 1. The van der Waals surface area contributed by atoms with Crippen molar-refractivity contribution in [2.45, 2.75) is 5.03 Å². The second-order valence-corrected chi connectivity index (χ2v) is 5.34. The molecule has 0 bridgehead atoms. The van der Waals surface area contributed by atoms with Crippen LogP contribution in [0.3, 0.4) is 0 Å². The van der Waals surface area contributed by atoms with Crippen molar-refractivity contribution in [3.05, 3.63) is 36.8 Å². The van der Waals surface area contributed by atoms with Crippen LogP contribution < -0.4 is 4.31 Å². The fourth-order valence-corrected chi connectivity index (χ4v) is 2.42. The highest BCUT2D eigenvalue weighted by molar-refractivity contribution is 7.92. The molecule has 2 N–H and O–H groups in total. The van der Waals surface area contributed by atoms with E-state index < -0.39 is 10.0 Å². The Morgan fingerprint density at radius 2 is 1.94 bits per heavy atom. The highest BCUT2D eigenvalue weighted by Gasteiger charge is 2.22. The smallest absolute Gasteiger partial charge is 0.281 e. The lowest BCUT2D eigenvalue weighted by Crippen LogP contribution is -2.26. The number of hydrogen-bond donors (Lipinski definition) is 2. The average Bonchev–Trinajstić information content (AvgIpc) is 2.83. The number of aromatic nitrogens is 2. The van der Waals surface area contributed by atoms with Gasteiger partial charge in [0, 0.05) is 7.05 Å². The zero-order chi connectivity index (χ0) is 12.5. The minimum Gasteiger partial charge on any atom is -0.508 e. The van der Waals surface area contributed by atoms with Crippen LogP contribution in [0.2, 0.25) is 0 Å². The van der Waals surface area contributed by atoms with Crippen molar-refractivity contribution in [1.82, 2.24) is 9.97 Å². The van der Waals surface area contributed by atoms with Crippen molar-refractivity contribution in [3.8, 4) is 5.75 Å². The highest BCUT2D eigenvalue weighted by atomic mass is 32.2. The molecule has 7 heteroatoms. The van der Waals surface area contributed by atoms with Gasteiger partial charge in [-0.2, -0.15) is 8.42 Å². The molecule has 0 spiro atoms. The van der Waals surface area contributed by atoms with Gasteiger partial charge in [-0.1, -0.05) is 0 Å². The fourth-order valence-electron chi connectivity index (χ4n) is 1.33. The molecular weight excluding hydrogens is 242 g/mol. The molecule has 90 valence electrons. The monoisotopic (exact) mass is 253 g/mol. The molecule has 17 heavy (non-hydrogen) atoms. The second kappa shape index (κ2) is 4.10. The summed E-state index contributed by atoms with van der Waals surface area (Å²) in [7, 11) is -2.19. The third kappa shape index (κ3) is 2.09. The number of phenols is 1. The van der Waals surface area contributed by atoms with Gasteiger partial charge in [-0.25, -0.2) is 4.98 Å². The van der Waals surface area contributed by atoms with Crippen LogP contribution in [0.4, 0.5) is 5.69 Å². The summed E-state index contributed by atoms with van der Waals surface area (Å²) in [6, 6.07) is 5.88. The van der Waals surface area contributed by atoms with E-state index in [1.165, 1.54) is 43.8 Å². The zero-order valence-corrected chi connectivity index (χ0v) is 9.85. The molecule has 0 aliphatic carbocycles. The van der Waals surface area contributed by atoms with E-state index in [2.05, 4.69) is 9.97 Å². The Labute approximate surface area is 98.6 Å². The van der Waals surface area contributed by atoms with Crippen molar-refractivity contribution < 1.29 is 13.5 Å². The van der Waals surface area contributed by atoms with Gasteiger partial charge < -0.3 is 10.1 Å². The van der Waals surface area contributed by atoms with Gasteiger partial charge in [0.05, 0.1) is 18.2 Å². The largest absolute Gasteiger partial charge is 0.508 e. The molecule has 1 aromatic carbocycles. The van der Waals surface area contributed by atoms with Gasteiger partial charge in [0.25, 0.3) is 10.0 Å². The molecule has 1 aromatic heterocycles. The molecule has 0 fully saturated rings. The summed E-state index contributed by atoms with van der Waals surface area (Å²) in [4.78, 5) is 6.23. The van der Waals surface area contributed by atoms with E-state index in [9.17, 15) is 8.42 Å². The Balaban J connectivity index is 2.38. The number of nitrogens with zero attached hydrogens (tertiary/aromatic N) is 2. The summed E-state index contributed by atoms with van der Waals surface area (Å²) in [5, 5.41) is 9.16. The van der Waals surface area contributed by atoms with E-state index in [0.717, 1.165) is 4.31 Å². The molecule has 0 saturated carbocycles. The Morgan fingerprint density at radius 3 is 2.47 bits per heavy atom. The first-order chi connectivity index (χ1) is 8.01. The maximum absolute atomic E-state index is 12.1. The van der Waals surface area contributed by atoms with Crippen LogP contribution in [0.25, 0.3) is 0 Å². The van der Waals surface area contributed by atoms with E-state index in [1.54, 1.807) is 0 Å².